The molecule has 3 rings (SSSR count). The molecule has 0 atom stereocenters. The highest BCUT2D eigenvalue weighted by Crippen LogP contribution is 1.99. The molecule has 0 fully saturated rings. The Morgan fingerprint density at radius 2 is 0.556 bits per heavy atom. The highest BCUT2D eigenvalue weighted by atomic mass is 15.0. The van der Waals surface area contributed by atoms with E-state index in [2.05, 4.69) is 29.9 Å². The smallest absolute Gasteiger partial charge is 0.220 e. The first kappa shape index (κ1) is 21.7. The number of aromatic nitrogens is 6. The van der Waals surface area contributed by atoms with E-state index in [-0.39, 0.29) is 0 Å². The van der Waals surface area contributed by atoms with Gasteiger partial charge >= 0.3 is 0 Å². The van der Waals surface area contributed by atoms with Crippen LogP contribution in [0, 0.1) is 41.5 Å². The lowest BCUT2D eigenvalue weighted by Gasteiger charge is -1.94. The number of nitrogen functional groups attached to an aromatic ring is 3. The van der Waals surface area contributed by atoms with Gasteiger partial charge < -0.3 is 17.2 Å². The third-order valence-electron chi connectivity index (χ3n) is 3.00. The van der Waals surface area contributed by atoms with Crippen molar-refractivity contribution < 1.29 is 0 Å². The fourth-order valence-electron chi connectivity index (χ4n) is 2.26. The summed E-state index contributed by atoms with van der Waals surface area (Å²) in [6.07, 6.45) is 0. The number of aryl methyl sites for hydroxylation is 6. The van der Waals surface area contributed by atoms with E-state index < -0.39 is 0 Å². The quantitative estimate of drug-likeness (QED) is 0.539. The van der Waals surface area contributed by atoms with Crippen molar-refractivity contribution in [2.45, 2.75) is 41.5 Å². The average Bonchev–Trinajstić information content (AvgIpc) is 2.43. The molecule has 9 heteroatoms. The molecule has 0 amide bonds. The molecule has 0 bridgehead atoms. The van der Waals surface area contributed by atoms with E-state index in [0.717, 1.165) is 34.2 Å². The van der Waals surface area contributed by atoms with Crippen LogP contribution in [-0.4, -0.2) is 29.9 Å². The summed E-state index contributed by atoms with van der Waals surface area (Å²) >= 11 is 0. The maximum Gasteiger partial charge on any atom is 0.220 e. The molecule has 0 aliphatic rings. The molecule has 0 radical (unpaired) electrons. The van der Waals surface area contributed by atoms with Crippen LogP contribution in [0.3, 0.4) is 0 Å². The van der Waals surface area contributed by atoms with Crippen molar-refractivity contribution in [2.24, 2.45) is 0 Å². The Hall–Kier alpha value is -3.36. The standard InChI is InChI=1S/3C6H9N3/c3*1-4-3-5(2)9-6(7)8-4/h3*3H,1-2H3,(H2,7,8,9). The van der Waals surface area contributed by atoms with E-state index in [4.69, 9.17) is 17.2 Å². The number of nitrogens with zero attached hydrogens (tertiary/aromatic N) is 6. The number of rotatable bonds is 0. The summed E-state index contributed by atoms with van der Waals surface area (Å²) in [6, 6.07) is 5.66. The number of nitrogens with two attached hydrogens (primary N) is 3. The lowest BCUT2D eigenvalue weighted by atomic mass is 10.4. The third-order valence-corrected chi connectivity index (χ3v) is 3.00. The lowest BCUT2D eigenvalue weighted by molar-refractivity contribution is 1.07. The zero-order valence-electron chi connectivity index (χ0n) is 16.6. The van der Waals surface area contributed by atoms with Gasteiger partial charge in [-0.05, 0) is 59.7 Å². The van der Waals surface area contributed by atoms with E-state index in [1.807, 2.05) is 59.7 Å². The van der Waals surface area contributed by atoms with Crippen molar-refractivity contribution in [3.8, 4) is 0 Å². The van der Waals surface area contributed by atoms with Crippen LogP contribution in [0.5, 0.6) is 0 Å². The predicted molar refractivity (Wildman–Crippen MR) is 108 cm³/mol. The largest absolute Gasteiger partial charge is 0.368 e. The molecule has 0 aromatic carbocycles. The van der Waals surface area contributed by atoms with Crippen molar-refractivity contribution in [3.05, 3.63) is 52.4 Å². The average molecular weight is 369 g/mol. The van der Waals surface area contributed by atoms with Crippen molar-refractivity contribution in [3.63, 3.8) is 0 Å². The van der Waals surface area contributed by atoms with E-state index in [1.54, 1.807) is 0 Å². The number of anilines is 3. The normalized spacial score (nSPS) is 9.56. The minimum Gasteiger partial charge on any atom is -0.368 e. The van der Waals surface area contributed by atoms with Gasteiger partial charge in [-0.1, -0.05) is 0 Å². The molecule has 6 N–H and O–H groups in total. The molecule has 0 saturated heterocycles. The molecule has 27 heavy (non-hydrogen) atoms. The number of hydrogen-bond acceptors (Lipinski definition) is 9. The molecule has 0 aliphatic carbocycles. The van der Waals surface area contributed by atoms with Crippen LogP contribution in [-0.2, 0) is 0 Å². The van der Waals surface area contributed by atoms with Gasteiger partial charge in [0.15, 0.2) is 0 Å². The van der Waals surface area contributed by atoms with Crippen LogP contribution in [0.4, 0.5) is 17.8 Å². The second-order valence-corrected chi connectivity index (χ2v) is 6.03. The van der Waals surface area contributed by atoms with Gasteiger partial charge in [0.2, 0.25) is 17.8 Å². The molecular formula is C18H27N9. The molecule has 3 heterocycles. The van der Waals surface area contributed by atoms with E-state index in [1.165, 1.54) is 0 Å². The predicted octanol–water partition coefficient (Wildman–Crippen LogP) is 2.03. The molecule has 0 aliphatic heterocycles. The Morgan fingerprint density at radius 3 is 0.667 bits per heavy atom. The summed E-state index contributed by atoms with van der Waals surface area (Å²) in [7, 11) is 0. The third kappa shape index (κ3) is 9.05. The molecule has 0 unspecified atom stereocenters. The van der Waals surface area contributed by atoms with E-state index in [0.29, 0.717) is 17.8 Å². The Labute approximate surface area is 159 Å². The molecular weight excluding hydrogens is 342 g/mol. The minimum absolute atomic E-state index is 0.354. The first-order valence-corrected chi connectivity index (χ1v) is 8.28. The lowest BCUT2D eigenvalue weighted by Crippen LogP contribution is -1.97. The van der Waals surface area contributed by atoms with Crippen molar-refractivity contribution in [2.75, 3.05) is 17.2 Å². The topological polar surface area (TPSA) is 155 Å². The Bertz CT molecular complexity index is 625. The summed E-state index contributed by atoms with van der Waals surface area (Å²) in [5, 5.41) is 0. The maximum absolute atomic E-state index is 5.34. The summed E-state index contributed by atoms with van der Waals surface area (Å²) in [5.41, 5.74) is 21.5. The zero-order valence-corrected chi connectivity index (χ0v) is 16.6. The maximum atomic E-state index is 5.34. The van der Waals surface area contributed by atoms with Crippen molar-refractivity contribution in [1.29, 1.82) is 0 Å². The highest BCUT2D eigenvalue weighted by molar-refractivity contribution is 5.22. The fraction of sp³-hybridized carbons (Fsp3) is 0.333. The van der Waals surface area contributed by atoms with Gasteiger partial charge in [0.05, 0.1) is 0 Å². The van der Waals surface area contributed by atoms with Crippen LogP contribution in [0.1, 0.15) is 34.2 Å². The van der Waals surface area contributed by atoms with Gasteiger partial charge in [-0.3, -0.25) is 0 Å². The van der Waals surface area contributed by atoms with Crippen molar-refractivity contribution >= 4 is 17.8 Å². The minimum atomic E-state index is 0.354. The van der Waals surface area contributed by atoms with Crippen LogP contribution >= 0.6 is 0 Å². The van der Waals surface area contributed by atoms with Gasteiger partial charge in [0, 0.05) is 34.2 Å². The van der Waals surface area contributed by atoms with E-state index >= 15 is 0 Å². The Morgan fingerprint density at radius 1 is 0.407 bits per heavy atom. The monoisotopic (exact) mass is 369 g/mol. The molecule has 0 saturated carbocycles. The molecule has 3 aromatic rings. The summed E-state index contributed by atoms with van der Waals surface area (Å²) < 4.78 is 0. The van der Waals surface area contributed by atoms with Crippen LogP contribution < -0.4 is 17.2 Å². The molecule has 3 aromatic heterocycles. The van der Waals surface area contributed by atoms with Gasteiger partial charge in [0.25, 0.3) is 0 Å². The SMILES string of the molecule is Cc1cc(C)nc(N)n1.Cc1cc(C)nc(N)n1.Cc1cc(C)nc(N)n1. The Kier molecular flexibility index (Phi) is 7.99. The summed E-state index contributed by atoms with van der Waals surface area (Å²) in [5.74, 6) is 1.06. The van der Waals surface area contributed by atoms with Crippen molar-refractivity contribution in [1.82, 2.24) is 29.9 Å². The second-order valence-electron chi connectivity index (χ2n) is 6.03. The van der Waals surface area contributed by atoms with Gasteiger partial charge in [-0.25, -0.2) is 29.9 Å². The number of hydrogen-bond donors (Lipinski definition) is 3. The van der Waals surface area contributed by atoms with Crippen LogP contribution in [0.2, 0.25) is 0 Å². The van der Waals surface area contributed by atoms with Crippen LogP contribution in [0.15, 0.2) is 18.2 Å². The molecule has 0 spiro atoms. The zero-order chi connectivity index (χ0) is 20.6. The molecule has 144 valence electrons. The summed E-state index contributed by atoms with van der Waals surface area (Å²) in [6.45, 7) is 11.4. The first-order valence-electron chi connectivity index (χ1n) is 8.28. The van der Waals surface area contributed by atoms with Gasteiger partial charge in [0.1, 0.15) is 0 Å². The van der Waals surface area contributed by atoms with Crippen LogP contribution in [0.25, 0.3) is 0 Å². The Balaban J connectivity index is 0.000000202. The van der Waals surface area contributed by atoms with E-state index in [9.17, 15) is 0 Å². The summed E-state index contributed by atoms with van der Waals surface area (Å²) in [4.78, 5) is 23.4. The first-order chi connectivity index (χ1) is 12.5. The van der Waals surface area contributed by atoms with Gasteiger partial charge in [-0.15, -0.1) is 0 Å². The molecule has 9 nitrogen and oxygen atoms in total. The highest BCUT2D eigenvalue weighted by Gasteiger charge is 1.92. The second kappa shape index (κ2) is 9.95. The van der Waals surface area contributed by atoms with Gasteiger partial charge in [-0.2, -0.15) is 0 Å². The fourth-order valence-corrected chi connectivity index (χ4v) is 2.26.